The van der Waals surface area contributed by atoms with Crippen LogP contribution in [0.1, 0.15) is 49.0 Å². The summed E-state index contributed by atoms with van der Waals surface area (Å²) in [5, 5.41) is 0.978. The molecule has 2 heterocycles. The minimum Gasteiger partial charge on any atom is -0.348 e. The number of thiazole rings is 1. The Balaban J connectivity index is 2.20. The van der Waals surface area contributed by atoms with Crippen molar-refractivity contribution in [3.05, 3.63) is 10.6 Å². The van der Waals surface area contributed by atoms with Crippen molar-refractivity contribution in [2.75, 3.05) is 32.1 Å². The highest BCUT2D eigenvalue weighted by atomic mass is 32.1. The van der Waals surface area contributed by atoms with Crippen LogP contribution in [0, 0.1) is 0 Å². The van der Waals surface area contributed by atoms with Crippen LogP contribution in [-0.2, 0) is 5.41 Å². The lowest BCUT2D eigenvalue weighted by atomic mass is 9.91. The van der Waals surface area contributed by atoms with E-state index in [0.29, 0.717) is 6.04 Å². The second-order valence-corrected chi connectivity index (χ2v) is 7.73. The third-order valence-corrected chi connectivity index (χ3v) is 5.07. The van der Waals surface area contributed by atoms with E-state index in [4.69, 9.17) is 4.98 Å². The molecule has 112 valence electrons. The van der Waals surface area contributed by atoms with E-state index in [1.54, 1.807) is 0 Å². The Morgan fingerprint density at radius 3 is 2.40 bits per heavy atom. The Morgan fingerprint density at radius 2 is 1.95 bits per heavy atom. The van der Waals surface area contributed by atoms with Crippen LogP contribution in [0.5, 0.6) is 0 Å². The van der Waals surface area contributed by atoms with Gasteiger partial charge in [-0.05, 0) is 33.0 Å². The molecule has 1 saturated heterocycles. The molecule has 0 aliphatic carbocycles. The van der Waals surface area contributed by atoms with E-state index >= 15 is 0 Å². The van der Waals surface area contributed by atoms with E-state index in [1.807, 2.05) is 0 Å². The SMILES string of the molecule is CN1CCC(N(C)c2nc(C(C)(C)C)c(C=O)s2)CC1. The third-order valence-electron chi connectivity index (χ3n) is 4.00. The minimum atomic E-state index is -0.0847. The number of piperidine rings is 1. The second-order valence-electron chi connectivity index (χ2n) is 6.72. The zero-order valence-electron chi connectivity index (χ0n) is 13.1. The predicted molar refractivity (Wildman–Crippen MR) is 85.1 cm³/mol. The number of carbonyl (C=O) groups is 1. The molecule has 4 nitrogen and oxygen atoms in total. The van der Waals surface area contributed by atoms with Crippen molar-refractivity contribution in [3.8, 4) is 0 Å². The Hall–Kier alpha value is -0.940. The van der Waals surface area contributed by atoms with Crippen LogP contribution in [0.25, 0.3) is 0 Å². The average molecular weight is 295 g/mol. The van der Waals surface area contributed by atoms with E-state index in [-0.39, 0.29) is 5.41 Å². The average Bonchev–Trinajstić information content (AvgIpc) is 2.83. The summed E-state index contributed by atoms with van der Waals surface area (Å²) in [4.78, 5) is 21.4. The van der Waals surface area contributed by atoms with E-state index < -0.39 is 0 Å². The summed E-state index contributed by atoms with van der Waals surface area (Å²) in [6, 6.07) is 0.532. The number of anilines is 1. The molecule has 0 spiro atoms. The van der Waals surface area contributed by atoms with Crippen molar-refractivity contribution in [1.29, 1.82) is 0 Å². The van der Waals surface area contributed by atoms with Crippen LogP contribution in [0.3, 0.4) is 0 Å². The van der Waals surface area contributed by atoms with Gasteiger partial charge in [-0.1, -0.05) is 32.1 Å². The summed E-state index contributed by atoms with van der Waals surface area (Å²) in [7, 11) is 4.28. The van der Waals surface area contributed by atoms with E-state index in [9.17, 15) is 4.79 Å². The maximum Gasteiger partial charge on any atom is 0.186 e. The number of aldehydes is 1. The summed E-state index contributed by atoms with van der Waals surface area (Å²) in [6.07, 6.45) is 3.27. The first-order chi connectivity index (χ1) is 9.32. The van der Waals surface area contributed by atoms with Crippen LogP contribution in [0.2, 0.25) is 0 Å². The molecule has 1 aliphatic heterocycles. The van der Waals surface area contributed by atoms with Crippen molar-refractivity contribution in [3.63, 3.8) is 0 Å². The molecule has 0 aromatic carbocycles. The first-order valence-corrected chi connectivity index (χ1v) is 8.02. The predicted octanol–water partition coefficient (Wildman–Crippen LogP) is 2.78. The fourth-order valence-electron chi connectivity index (χ4n) is 2.63. The maximum atomic E-state index is 11.3. The van der Waals surface area contributed by atoms with E-state index in [2.05, 4.69) is 44.7 Å². The van der Waals surface area contributed by atoms with Crippen LogP contribution in [-0.4, -0.2) is 49.4 Å². The Bertz CT molecular complexity index is 470. The van der Waals surface area contributed by atoms with Gasteiger partial charge in [0.2, 0.25) is 0 Å². The monoisotopic (exact) mass is 295 g/mol. The first-order valence-electron chi connectivity index (χ1n) is 7.21. The number of rotatable bonds is 3. The summed E-state index contributed by atoms with van der Waals surface area (Å²) in [6.45, 7) is 8.58. The lowest BCUT2D eigenvalue weighted by Crippen LogP contribution is -2.42. The highest BCUT2D eigenvalue weighted by molar-refractivity contribution is 7.17. The van der Waals surface area contributed by atoms with E-state index in [0.717, 1.165) is 47.9 Å². The highest BCUT2D eigenvalue weighted by Gasteiger charge is 2.27. The second kappa shape index (κ2) is 5.82. The van der Waals surface area contributed by atoms with Crippen molar-refractivity contribution < 1.29 is 4.79 Å². The molecule has 1 aliphatic rings. The third kappa shape index (κ3) is 3.20. The molecule has 1 aromatic heterocycles. The summed E-state index contributed by atoms with van der Waals surface area (Å²) >= 11 is 1.52. The van der Waals surface area contributed by atoms with Crippen molar-refractivity contribution in [1.82, 2.24) is 9.88 Å². The van der Waals surface area contributed by atoms with Gasteiger partial charge >= 0.3 is 0 Å². The molecule has 0 amide bonds. The van der Waals surface area contributed by atoms with Gasteiger partial charge in [-0.25, -0.2) is 4.98 Å². The smallest absolute Gasteiger partial charge is 0.186 e. The topological polar surface area (TPSA) is 36.4 Å². The number of likely N-dealkylation sites (tertiary alicyclic amines) is 1. The molecule has 20 heavy (non-hydrogen) atoms. The molecule has 0 radical (unpaired) electrons. The van der Waals surface area contributed by atoms with E-state index in [1.165, 1.54) is 11.3 Å². The lowest BCUT2D eigenvalue weighted by Gasteiger charge is -2.35. The molecule has 0 N–H and O–H groups in total. The molecule has 0 unspecified atom stereocenters. The van der Waals surface area contributed by atoms with Gasteiger partial charge < -0.3 is 9.80 Å². The number of nitrogens with zero attached hydrogens (tertiary/aromatic N) is 3. The first kappa shape index (κ1) is 15.4. The van der Waals surface area contributed by atoms with Gasteiger partial charge in [-0.3, -0.25) is 4.79 Å². The zero-order valence-corrected chi connectivity index (χ0v) is 14.0. The van der Waals surface area contributed by atoms with Crippen molar-refractivity contribution >= 4 is 22.8 Å². The van der Waals surface area contributed by atoms with Gasteiger partial charge in [0.1, 0.15) is 0 Å². The van der Waals surface area contributed by atoms with Crippen LogP contribution < -0.4 is 4.90 Å². The largest absolute Gasteiger partial charge is 0.348 e. The van der Waals surface area contributed by atoms with Crippen molar-refractivity contribution in [2.24, 2.45) is 0 Å². The Morgan fingerprint density at radius 1 is 1.35 bits per heavy atom. The molecular weight excluding hydrogens is 270 g/mol. The molecule has 2 rings (SSSR count). The fraction of sp³-hybridized carbons (Fsp3) is 0.733. The zero-order chi connectivity index (χ0) is 14.9. The molecular formula is C15H25N3OS. The Labute approximate surface area is 125 Å². The number of hydrogen-bond acceptors (Lipinski definition) is 5. The highest BCUT2D eigenvalue weighted by Crippen LogP contribution is 2.34. The van der Waals surface area contributed by atoms with Crippen LogP contribution in [0.15, 0.2) is 0 Å². The van der Waals surface area contributed by atoms with Crippen LogP contribution >= 0.6 is 11.3 Å². The van der Waals surface area contributed by atoms with Gasteiger partial charge in [0.05, 0.1) is 10.6 Å². The molecule has 0 atom stereocenters. The molecule has 1 aromatic rings. The number of aromatic nitrogens is 1. The summed E-state index contributed by atoms with van der Waals surface area (Å²) < 4.78 is 0. The molecule has 0 bridgehead atoms. The normalized spacial score (nSPS) is 18.2. The maximum absolute atomic E-state index is 11.3. The number of hydrogen-bond donors (Lipinski definition) is 0. The van der Waals surface area contributed by atoms with Gasteiger partial charge in [-0.15, -0.1) is 0 Å². The molecule has 1 fully saturated rings. The number of carbonyl (C=O) groups excluding carboxylic acids is 1. The van der Waals surface area contributed by atoms with Gasteiger partial charge in [-0.2, -0.15) is 0 Å². The quantitative estimate of drug-likeness (QED) is 0.804. The van der Waals surface area contributed by atoms with Gasteiger partial charge in [0.25, 0.3) is 0 Å². The molecule has 0 saturated carbocycles. The molecule has 5 heteroatoms. The van der Waals surface area contributed by atoms with Crippen molar-refractivity contribution in [2.45, 2.75) is 45.1 Å². The summed E-state index contributed by atoms with van der Waals surface area (Å²) in [5.41, 5.74) is 0.839. The van der Waals surface area contributed by atoms with Crippen LogP contribution in [0.4, 0.5) is 5.13 Å². The standard InChI is InChI=1S/C15H25N3OS/c1-15(2,3)13-12(10-19)20-14(16-13)18(5)11-6-8-17(4)9-7-11/h10-11H,6-9H2,1-5H3. The summed E-state index contributed by atoms with van der Waals surface area (Å²) in [5.74, 6) is 0. The fourth-order valence-corrected chi connectivity index (χ4v) is 3.75. The lowest BCUT2D eigenvalue weighted by molar-refractivity contribution is 0.112. The Kier molecular flexibility index (Phi) is 4.49. The van der Waals surface area contributed by atoms with Gasteiger partial charge in [0.15, 0.2) is 11.4 Å². The van der Waals surface area contributed by atoms with Gasteiger partial charge in [0, 0.05) is 18.5 Å². The minimum absolute atomic E-state index is 0.0847.